The van der Waals surface area contributed by atoms with Crippen LogP contribution >= 0.6 is 0 Å². The van der Waals surface area contributed by atoms with Crippen molar-refractivity contribution in [2.24, 2.45) is 7.05 Å². The summed E-state index contributed by atoms with van der Waals surface area (Å²) >= 11 is 0. The second-order valence-corrected chi connectivity index (χ2v) is 7.38. The fourth-order valence-corrected chi connectivity index (χ4v) is 4.59. The number of fused-ring (bicyclic) bond motifs is 3. The van der Waals surface area contributed by atoms with Gasteiger partial charge >= 0.3 is 0 Å². The number of nitrogens with zero attached hydrogens (tertiary/aromatic N) is 2. The number of aryl methyl sites for hydroxylation is 1. The maximum Gasteiger partial charge on any atom is 0.107 e. The molecular formula is C20H28N2O. The lowest BCUT2D eigenvalue weighted by Gasteiger charge is -2.38. The van der Waals surface area contributed by atoms with E-state index < -0.39 is 0 Å². The Hall–Kier alpha value is -1.32. The van der Waals surface area contributed by atoms with Crippen molar-refractivity contribution in [1.29, 1.82) is 0 Å². The molecule has 124 valence electrons. The van der Waals surface area contributed by atoms with Crippen molar-refractivity contribution in [3.63, 3.8) is 0 Å². The van der Waals surface area contributed by atoms with Crippen LogP contribution in [0.15, 0.2) is 24.3 Å². The summed E-state index contributed by atoms with van der Waals surface area (Å²) in [5.41, 5.74) is 4.10. The van der Waals surface area contributed by atoms with E-state index in [4.69, 9.17) is 4.74 Å². The highest BCUT2D eigenvalue weighted by Gasteiger charge is 2.37. The lowest BCUT2D eigenvalue weighted by molar-refractivity contribution is -0.0623. The zero-order valence-corrected chi connectivity index (χ0v) is 14.5. The van der Waals surface area contributed by atoms with E-state index in [9.17, 15) is 0 Å². The van der Waals surface area contributed by atoms with Gasteiger partial charge in [0, 0.05) is 24.5 Å². The van der Waals surface area contributed by atoms with Crippen LogP contribution in [0.2, 0.25) is 0 Å². The highest BCUT2D eigenvalue weighted by molar-refractivity contribution is 5.86. The van der Waals surface area contributed by atoms with E-state index in [0.29, 0.717) is 0 Å². The Morgan fingerprint density at radius 2 is 1.91 bits per heavy atom. The van der Waals surface area contributed by atoms with Gasteiger partial charge in [0.15, 0.2) is 0 Å². The highest BCUT2D eigenvalue weighted by atomic mass is 16.5. The summed E-state index contributed by atoms with van der Waals surface area (Å²) in [7, 11) is 2.20. The molecule has 1 saturated heterocycles. The quantitative estimate of drug-likeness (QED) is 0.856. The molecule has 0 spiro atoms. The number of likely N-dealkylation sites (tertiary alicyclic amines) is 1. The molecule has 0 amide bonds. The van der Waals surface area contributed by atoms with Gasteiger partial charge in [-0.2, -0.15) is 0 Å². The molecular weight excluding hydrogens is 284 g/mol. The Balaban J connectivity index is 1.66. The van der Waals surface area contributed by atoms with E-state index in [2.05, 4.69) is 47.7 Å². The fourth-order valence-electron chi connectivity index (χ4n) is 4.59. The summed E-state index contributed by atoms with van der Waals surface area (Å²) in [4.78, 5) is 2.62. The van der Waals surface area contributed by atoms with Crippen molar-refractivity contribution >= 4 is 10.9 Å². The van der Waals surface area contributed by atoms with E-state index in [1.807, 2.05) is 0 Å². The predicted octanol–water partition coefficient (Wildman–Crippen LogP) is 3.84. The number of ether oxygens (including phenoxy) is 1. The lowest BCUT2D eigenvalue weighted by Crippen LogP contribution is -2.39. The van der Waals surface area contributed by atoms with Gasteiger partial charge in [-0.3, -0.25) is 0 Å². The first-order chi connectivity index (χ1) is 11.2. The molecule has 3 heteroatoms. The molecule has 1 unspecified atom stereocenters. The predicted molar refractivity (Wildman–Crippen MR) is 94.8 cm³/mol. The molecule has 4 rings (SSSR count). The maximum atomic E-state index is 6.35. The second-order valence-electron chi connectivity index (χ2n) is 7.38. The van der Waals surface area contributed by atoms with Gasteiger partial charge in [-0.1, -0.05) is 24.6 Å². The summed E-state index contributed by atoms with van der Waals surface area (Å²) in [5, 5.41) is 1.41. The first-order valence-electron chi connectivity index (χ1n) is 9.12. The normalized spacial score (nSPS) is 25.7. The van der Waals surface area contributed by atoms with Crippen LogP contribution < -0.4 is 0 Å². The SMILES string of the molecule is Cn1c2c(c3ccccc31)CCOC2(C)CCN1CCCCC1. The van der Waals surface area contributed by atoms with Crippen LogP contribution in [0.4, 0.5) is 0 Å². The minimum atomic E-state index is -0.154. The Morgan fingerprint density at radius 1 is 1.13 bits per heavy atom. The van der Waals surface area contributed by atoms with Crippen molar-refractivity contribution in [3.05, 3.63) is 35.5 Å². The summed E-state index contributed by atoms with van der Waals surface area (Å²) in [6, 6.07) is 8.80. The van der Waals surface area contributed by atoms with E-state index in [0.717, 1.165) is 26.0 Å². The minimum absolute atomic E-state index is 0.154. The zero-order chi connectivity index (χ0) is 15.9. The first kappa shape index (κ1) is 15.2. The fraction of sp³-hybridized carbons (Fsp3) is 0.600. The Bertz CT molecular complexity index is 699. The lowest BCUT2D eigenvalue weighted by atomic mass is 9.89. The van der Waals surface area contributed by atoms with Gasteiger partial charge in [0.05, 0.1) is 12.3 Å². The van der Waals surface area contributed by atoms with Gasteiger partial charge in [-0.05, 0) is 57.3 Å². The standard InChI is InChI=1S/C20H28N2O/c1-20(11-14-22-12-6-3-7-13-22)19-17(10-15-23-20)16-8-4-5-9-18(16)21(19)2/h4-5,8-9H,3,6-7,10-15H2,1-2H3. The molecule has 2 aliphatic heterocycles. The molecule has 1 aromatic heterocycles. The molecule has 0 bridgehead atoms. The van der Waals surface area contributed by atoms with Crippen molar-refractivity contribution in [3.8, 4) is 0 Å². The number of rotatable bonds is 3. The summed E-state index contributed by atoms with van der Waals surface area (Å²) in [6.07, 6.45) is 6.24. The topological polar surface area (TPSA) is 17.4 Å². The molecule has 0 saturated carbocycles. The minimum Gasteiger partial charge on any atom is -0.369 e. The van der Waals surface area contributed by atoms with Crippen LogP contribution in [0.1, 0.15) is 43.9 Å². The second kappa shape index (κ2) is 5.95. The van der Waals surface area contributed by atoms with Gasteiger partial charge < -0.3 is 14.2 Å². The molecule has 2 aromatic rings. The molecule has 0 N–H and O–H groups in total. The molecule has 2 aliphatic rings. The van der Waals surface area contributed by atoms with Gasteiger partial charge in [-0.25, -0.2) is 0 Å². The molecule has 1 aromatic carbocycles. The van der Waals surface area contributed by atoms with Crippen LogP contribution in [-0.2, 0) is 23.8 Å². The number of aromatic nitrogens is 1. The third-order valence-corrected chi connectivity index (χ3v) is 5.84. The van der Waals surface area contributed by atoms with Gasteiger partial charge in [0.25, 0.3) is 0 Å². The van der Waals surface area contributed by atoms with Crippen LogP contribution in [-0.4, -0.2) is 35.7 Å². The molecule has 1 atom stereocenters. The molecule has 23 heavy (non-hydrogen) atoms. The van der Waals surface area contributed by atoms with E-state index in [1.54, 1.807) is 0 Å². The molecule has 0 radical (unpaired) electrons. The van der Waals surface area contributed by atoms with Gasteiger partial charge in [0.1, 0.15) is 5.60 Å². The molecule has 3 heterocycles. The molecule has 0 aliphatic carbocycles. The highest BCUT2D eigenvalue weighted by Crippen LogP contribution is 2.40. The van der Waals surface area contributed by atoms with E-state index >= 15 is 0 Å². The Kier molecular flexibility index (Phi) is 3.94. The van der Waals surface area contributed by atoms with Crippen LogP contribution in [0.3, 0.4) is 0 Å². The summed E-state index contributed by atoms with van der Waals surface area (Å²) < 4.78 is 8.72. The smallest absolute Gasteiger partial charge is 0.107 e. The van der Waals surface area contributed by atoms with Crippen LogP contribution in [0.5, 0.6) is 0 Å². The van der Waals surface area contributed by atoms with Crippen LogP contribution in [0, 0.1) is 0 Å². The maximum absolute atomic E-state index is 6.35. The van der Waals surface area contributed by atoms with Crippen LogP contribution in [0.25, 0.3) is 10.9 Å². The number of benzene rings is 1. The summed E-state index contributed by atoms with van der Waals surface area (Å²) in [6.45, 7) is 6.82. The van der Waals surface area contributed by atoms with Crippen molar-refractivity contribution in [2.75, 3.05) is 26.2 Å². The van der Waals surface area contributed by atoms with E-state index in [1.165, 1.54) is 54.5 Å². The number of piperidine rings is 1. The van der Waals surface area contributed by atoms with Crippen molar-refractivity contribution in [1.82, 2.24) is 9.47 Å². The number of hydrogen-bond donors (Lipinski definition) is 0. The van der Waals surface area contributed by atoms with Gasteiger partial charge in [0.2, 0.25) is 0 Å². The average Bonchev–Trinajstić information content (AvgIpc) is 2.89. The Morgan fingerprint density at radius 3 is 2.74 bits per heavy atom. The molecule has 3 nitrogen and oxygen atoms in total. The molecule has 1 fully saturated rings. The first-order valence-corrected chi connectivity index (χ1v) is 9.12. The average molecular weight is 312 g/mol. The van der Waals surface area contributed by atoms with E-state index in [-0.39, 0.29) is 5.60 Å². The van der Waals surface area contributed by atoms with Gasteiger partial charge in [-0.15, -0.1) is 0 Å². The van der Waals surface area contributed by atoms with Crippen molar-refractivity contribution < 1.29 is 4.74 Å². The van der Waals surface area contributed by atoms with Crippen molar-refractivity contribution in [2.45, 2.75) is 44.6 Å². The monoisotopic (exact) mass is 312 g/mol. The Labute approximate surface area is 139 Å². The summed E-state index contributed by atoms with van der Waals surface area (Å²) in [5.74, 6) is 0. The number of hydrogen-bond acceptors (Lipinski definition) is 2. The number of para-hydroxylation sites is 1. The zero-order valence-electron chi connectivity index (χ0n) is 14.5. The third-order valence-electron chi connectivity index (χ3n) is 5.84. The third kappa shape index (κ3) is 2.60. The largest absolute Gasteiger partial charge is 0.369 e.